The van der Waals surface area contributed by atoms with Crippen LogP contribution in [0.3, 0.4) is 0 Å². The second-order valence-electron chi connectivity index (χ2n) is 9.76. The number of azide groups is 1. The zero-order valence-corrected chi connectivity index (χ0v) is 24.7. The van der Waals surface area contributed by atoms with Gasteiger partial charge in [-0.25, -0.2) is 4.98 Å². The van der Waals surface area contributed by atoms with Gasteiger partial charge in [-0.15, -0.1) is 0 Å². The summed E-state index contributed by atoms with van der Waals surface area (Å²) in [6.07, 6.45) is 0.955. The van der Waals surface area contributed by atoms with Crippen molar-refractivity contribution in [3.05, 3.63) is 69.9 Å². The van der Waals surface area contributed by atoms with Gasteiger partial charge in [0.1, 0.15) is 23.2 Å². The van der Waals surface area contributed by atoms with Gasteiger partial charge in [0, 0.05) is 41.9 Å². The summed E-state index contributed by atoms with van der Waals surface area (Å²) >= 11 is 0. The Morgan fingerprint density at radius 2 is 1.51 bits per heavy atom. The van der Waals surface area contributed by atoms with Crippen molar-refractivity contribution >= 4 is 22.5 Å². The molecule has 2 N–H and O–H groups in total. The first-order valence-corrected chi connectivity index (χ1v) is 14.3. The fourth-order valence-corrected chi connectivity index (χ4v) is 4.40. The maximum Gasteiger partial charge on any atom is 0.161 e. The third kappa shape index (κ3) is 9.94. The quantitative estimate of drug-likeness (QED) is 0.0846. The molecule has 232 valence electrons. The number of nitrogens with one attached hydrogen (secondary N) is 1. The molecule has 0 amide bonds. The van der Waals surface area contributed by atoms with E-state index in [0.717, 1.165) is 34.7 Å². The Bertz CT molecular complexity index is 1360. The zero-order valence-electron chi connectivity index (χ0n) is 24.7. The highest BCUT2D eigenvalue weighted by Crippen LogP contribution is 2.40. The number of hydrogen-bond donors (Lipinski definition) is 2. The fraction of sp³-hybridized carbons (Fsp3) is 0.500. The minimum Gasteiger partial charge on any atom is -0.454 e. The molecule has 0 aliphatic carbocycles. The summed E-state index contributed by atoms with van der Waals surface area (Å²) in [6.45, 7) is 7.80. The maximum absolute atomic E-state index is 10.7. The van der Waals surface area contributed by atoms with Crippen LogP contribution in [-0.2, 0) is 23.7 Å². The average Bonchev–Trinajstić information content (AvgIpc) is 3.41. The predicted octanol–water partition coefficient (Wildman–Crippen LogP) is 4.17. The highest BCUT2D eigenvalue weighted by atomic mass is 16.6. The van der Waals surface area contributed by atoms with E-state index in [-0.39, 0.29) is 0 Å². The molecule has 1 atom stereocenters. The molecule has 43 heavy (non-hydrogen) atoms. The Balaban J connectivity index is 1.05. The zero-order chi connectivity index (χ0) is 30.3. The molecule has 0 spiro atoms. The number of aromatic amines is 1. The van der Waals surface area contributed by atoms with Gasteiger partial charge in [-0.2, -0.15) is 0 Å². The van der Waals surface area contributed by atoms with Crippen LogP contribution in [0.5, 0.6) is 5.75 Å². The van der Waals surface area contributed by atoms with Crippen molar-refractivity contribution in [2.24, 2.45) is 5.11 Å². The Kier molecular flexibility index (Phi) is 13.1. The van der Waals surface area contributed by atoms with E-state index in [1.165, 1.54) is 0 Å². The third-order valence-corrected chi connectivity index (χ3v) is 6.65. The molecule has 0 saturated carbocycles. The average molecular weight is 597 g/mol. The molecular weight excluding hydrogens is 556 g/mol. The van der Waals surface area contributed by atoms with E-state index in [1.807, 2.05) is 50.4 Å². The lowest BCUT2D eigenvalue weighted by Gasteiger charge is -2.23. The summed E-state index contributed by atoms with van der Waals surface area (Å²) in [5.41, 5.74) is 12.4. The number of nitrogens with zero attached hydrogens (tertiary/aromatic N) is 5. The van der Waals surface area contributed by atoms with E-state index in [4.69, 9.17) is 34.0 Å². The highest BCUT2D eigenvalue weighted by molar-refractivity contribution is 5.86. The van der Waals surface area contributed by atoms with Crippen molar-refractivity contribution in [1.29, 1.82) is 0 Å². The first-order valence-electron chi connectivity index (χ1n) is 14.3. The molecule has 1 aromatic heterocycles. The van der Waals surface area contributed by atoms with Gasteiger partial charge in [0.15, 0.2) is 5.75 Å². The second kappa shape index (κ2) is 17.4. The summed E-state index contributed by atoms with van der Waals surface area (Å²) < 4.78 is 33.6. The van der Waals surface area contributed by atoms with Crippen molar-refractivity contribution in [2.45, 2.75) is 13.0 Å². The molecule has 2 aromatic carbocycles. The molecule has 0 saturated heterocycles. The van der Waals surface area contributed by atoms with Crippen LogP contribution in [0.25, 0.3) is 27.2 Å². The summed E-state index contributed by atoms with van der Waals surface area (Å²) in [5.74, 6) is 1.99. The lowest BCUT2D eigenvalue weighted by molar-refractivity contribution is -0.0100. The van der Waals surface area contributed by atoms with Gasteiger partial charge >= 0.3 is 0 Å². The van der Waals surface area contributed by atoms with Gasteiger partial charge in [-0.1, -0.05) is 11.2 Å². The second-order valence-corrected chi connectivity index (χ2v) is 9.76. The Hall–Kier alpha value is -3.68. The first-order chi connectivity index (χ1) is 21.1. The number of anilines is 1. The molecule has 4 rings (SSSR count). The number of likely N-dealkylation sites (N-methyl/N-ethyl adjacent to an activating group) is 1. The number of aliphatic hydroxyl groups excluding tert-OH is 1. The van der Waals surface area contributed by atoms with Crippen molar-refractivity contribution in [2.75, 3.05) is 91.1 Å². The molecule has 0 fully saturated rings. The van der Waals surface area contributed by atoms with E-state index in [1.54, 1.807) is 6.08 Å². The van der Waals surface area contributed by atoms with Gasteiger partial charge in [0.2, 0.25) is 0 Å². The maximum atomic E-state index is 10.7. The van der Waals surface area contributed by atoms with Crippen LogP contribution < -0.4 is 9.64 Å². The number of H-pyrrole nitrogens is 1. The van der Waals surface area contributed by atoms with Crippen molar-refractivity contribution in [1.82, 2.24) is 9.97 Å². The number of hydrogen-bond acceptors (Lipinski definition) is 10. The Morgan fingerprint density at radius 1 is 0.907 bits per heavy atom. The van der Waals surface area contributed by atoms with Crippen LogP contribution in [0.4, 0.5) is 5.69 Å². The van der Waals surface area contributed by atoms with Gasteiger partial charge < -0.3 is 43.4 Å². The van der Waals surface area contributed by atoms with Crippen molar-refractivity contribution in [3.8, 4) is 5.75 Å². The summed E-state index contributed by atoms with van der Waals surface area (Å²) in [7, 11) is 2.02. The lowest BCUT2D eigenvalue weighted by Crippen LogP contribution is -2.23. The molecule has 13 heteroatoms. The van der Waals surface area contributed by atoms with E-state index in [0.29, 0.717) is 89.7 Å². The standard InChI is InChI=1S/C30H40N6O7/c1-22-33-26-8-7-25-27(37)21-28(43-30(25)29(26)34-22)23-3-5-24(6-4-23)36(2)10-12-39-14-16-41-18-20-42-19-17-40-15-13-38-11-9-32-35-31/h3-8,21,27,37H,9-20H2,1-2H3,(H,33,34). The van der Waals surface area contributed by atoms with Crippen LogP contribution in [0, 0.1) is 6.92 Å². The molecule has 13 nitrogen and oxygen atoms in total. The highest BCUT2D eigenvalue weighted by Gasteiger charge is 2.24. The first kappa shape index (κ1) is 32.2. The van der Waals surface area contributed by atoms with Crippen LogP contribution in [0.1, 0.15) is 23.1 Å². The number of fused-ring (bicyclic) bond motifs is 3. The molecule has 2 heterocycles. The van der Waals surface area contributed by atoms with Gasteiger partial charge in [0.25, 0.3) is 0 Å². The molecule has 1 aliphatic rings. The Morgan fingerprint density at radius 3 is 2.14 bits per heavy atom. The third-order valence-electron chi connectivity index (χ3n) is 6.65. The topological polar surface area (TPSA) is 156 Å². The molecule has 3 aromatic rings. The summed E-state index contributed by atoms with van der Waals surface area (Å²) in [6, 6.07) is 11.8. The lowest BCUT2D eigenvalue weighted by atomic mass is 10.0. The summed E-state index contributed by atoms with van der Waals surface area (Å²) in [5, 5.41) is 14.1. The van der Waals surface area contributed by atoms with Gasteiger partial charge in [0.05, 0.1) is 71.6 Å². The number of aliphatic hydroxyl groups is 1. The number of aryl methyl sites for hydroxylation is 1. The van der Waals surface area contributed by atoms with Gasteiger partial charge in [-0.3, -0.25) is 0 Å². The number of aromatic nitrogens is 2. The van der Waals surface area contributed by atoms with E-state index >= 15 is 0 Å². The molecular formula is C30H40N6O7. The van der Waals surface area contributed by atoms with E-state index < -0.39 is 6.10 Å². The monoisotopic (exact) mass is 596 g/mol. The van der Waals surface area contributed by atoms with Crippen LogP contribution in [0.2, 0.25) is 0 Å². The minimum atomic E-state index is -0.768. The smallest absolute Gasteiger partial charge is 0.161 e. The van der Waals surface area contributed by atoms with Crippen LogP contribution >= 0.6 is 0 Å². The number of rotatable bonds is 20. The molecule has 1 unspecified atom stereocenters. The number of ether oxygens (including phenoxy) is 6. The van der Waals surface area contributed by atoms with Crippen LogP contribution in [-0.4, -0.2) is 101 Å². The number of benzene rings is 2. The molecule has 0 bridgehead atoms. The normalized spacial score (nSPS) is 14.2. The van der Waals surface area contributed by atoms with E-state index in [9.17, 15) is 5.11 Å². The van der Waals surface area contributed by atoms with Crippen molar-refractivity contribution in [3.63, 3.8) is 0 Å². The summed E-state index contributed by atoms with van der Waals surface area (Å²) in [4.78, 5) is 12.5. The van der Waals surface area contributed by atoms with Crippen LogP contribution in [0.15, 0.2) is 47.6 Å². The number of imidazole rings is 1. The molecule has 0 radical (unpaired) electrons. The fourth-order valence-electron chi connectivity index (χ4n) is 4.40. The molecule has 1 aliphatic heterocycles. The minimum absolute atomic E-state index is 0.326. The van der Waals surface area contributed by atoms with Gasteiger partial charge in [-0.05, 0) is 48.9 Å². The van der Waals surface area contributed by atoms with E-state index in [2.05, 4.69) is 24.9 Å². The predicted molar refractivity (Wildman–Crippen MR) is 162 cm³/mol. The Labute approximate surface area is 250 Å². The largest absolute Gasteiger partial charge is 0.454 e. The SMILES string of the molecule is Cc1nc2c3c(ccc2[nH]1)C(O)C=C(c1ccc(N(C)CCOCCOCCOCCOCCOCCN=[N+]=[N-])cc1)O3. The van der Waals surface area contributed by atoms with Crippen molar-refractivity contribution < 1.29 is 33.5 Å².